The number of Topliss-reactive ketones (excluding diaryl/α,β-unsaturated/α-hetero) is 1. The molecular formula is C9H11ClO. The largest absolute Gasteiger partial charge is 0.300 e. The molecule has 0 aromatic heterocycles. The van der Waals surface area contributed by atoms with E-state index >= 15 is 0 Å². The molecule has 0 saturated heterocycles. The fraction of sp³-hybridized carbons (Fsp3) is 0.222. The van der Waals surface area contributed by atoms with Crippen molar-refractivity contribution in [2.75, 3.05) is 0 Å². The number of benzene rings is 1. The first-order chi connectivity index (χ1) is 4.79. The number of ketones is 1. The van der Waals surface area contributed by atoms with Gasteiger partial charge >= 0.3 is 0 Å². The van der Waals surface area contributed by atoms with E-state index < -0.39 is 0 Å². The predicted molar refractivity (Wildman–Crippen MR) is 48.1 cm³/mol. The zero-order valence-electron chi connectivity index (χ0n) is 6.41. The van der Waals surface area contributed by atoms with Crippen LogP contribution in [0.1, 0.15) is 12.5 Å². The summed E-state index contributed by atoms with van der Waals surface area (Å²) in [7, 11) is 0. The summed E-state index contributed by atoms with van der Waals surface area (Å²) in [6, 6.07) is 9.75. The van der Waals surface area contributed by atoms with Gasteiger partial charge in [0, 0.05) is 6.42 Å². The minimum Gasteiger partial charge on any atom is -0.300 e. The first-order valence-corrected chi connectivity index (χ1v) is 3.32. The average molecular weight is 171 g/mol. The molecule has 11 heavy (non-hydrogen) atoms. The molecule has 1 aromatic rings. The highest BCUT2D eigenvalue weighted by Gasteiger charge is 1.93. The van der Waals surface area contributed by atoms with Gasteiger partial charge < -0.3 is 0 Å². The van der Waals surface area contributed by atoms with Gasteiger partial charge in [-0.15, -0.1) is 12.4 Å². The van der Waals surface area contributed by atoms with Crippen LogP contribution >= 0.6 is 12.4 Å². The lowest BCUT2D eigenvalue weighted by molar-refractivity contribution is -0.116. The number of hydrogen-bond donors (Lipinski definition) is 0. The molecule has 0 amide bonds. The molecule has 1 nitrogen and oxygen atoms in total. The van der Waals surface area contributed by atoms with Gasteiger partial charge in [-0.1, -0.05) is 30.3 Å². The minimum atomic E-state index is 0. The fourth-order valence-electron chi connectivity index (χ4n) is 0.883. The molecule has 0 aliphatic carbocycles. The molecule has 0 heterocycles. The van der Waals surface area contributed by atoms with E-state index in [1.165, 1.54) is 0 Å². The third kappa shape index (κ3) is 3.79. The van der Waals surface area contributed by atoms with Crippen molar-refractivity contribution in [2.45, 2.75) is 13.3 Å². The van der Waals surface area contributed by atoms with E-state index in [1.54, 1.807) is 6.92 Å². The lowest BCUT2D eigenvalue weighted by Gasteiger charge is -1.93. The van der Waals surface area contributed by atoms with Gasteiger partial charge in [-0.25, -0.2) is 0 Å². The highest BCUT2D eigenvalue weighted by atomic mass is 35.5. The van der Waals surface area contributed by atoms with E-state index in [2.05, 4.69) is 0 Å². The summed E-state index contributed by atoms with van der Waals surface area (Å²) in [4.78, 5) is 10.6. The van der Waals surface area contributed by atoms with Crippen molar-refractivity contribution < 1.29 is 4.79 Å². The smallest absolute Gasteiger partial charge is 0.134 e. The summed E-state index contributed by atoms with van der Waals surface area (Å²) in [5.74, 6) is 0.214. The van der Waals surface area contributed by atoms with Gasteiger partial charge in [0.05, 0.1) is 0 Å². The van der Waals surface area contributed by atoms with Crippen LogP contribution in [0.3, 0.4) is 0 Å². The van der Waals surface area contributed by atoms with Crippen LogP contribution in [0, 0.1) is 0 Å². The number of carbonyl (C=O) groups excluding carboxylic acids is 1. The predicted octanol–water partition coefficient (Wildman–Crippen LogP) is 2.24. The van der Waals surface area contributed by atoms with Crippen LogP contribution in [-0.4, -0.2) is 5.78 Å². The van der Waals surface area contributed by atoms with E-state index in [0.29, 0.717) is 6.42 Å². The summed E-state index contributed by atoms with van der Waals surface area (Å²) in [6.07, 6.45) is 0.556. The Bertz CT molecular complexity index is 218. The van der Waals surface area contributed by atoms with Crippen molar-refractivity contribution in [2.24, 2.45) is 0 Å². The molecule has 0 atom stereocenters. The second kappa shape index (κ2) is 4.91. The molecule has 0 bridgehead atoms. The van der Waals surface area contributed by atoms with Crippen molar-refractivity contribution in [1.82, 2.24) is 0 Å². The van der Waals surface area contributed by atoms with Crippen LogP contribution in [0.15, 0.2) is 30.3 Å². The van der Waals surface area contributed by atoms with Crippen LogP contribution in [0.25, 0.3) is 0 Å². The summed E-state index contributed by atoms with van der Waals surface area (Å²) >= 11 is 0. The molecule has 0 aliphatic rings. The van der Waals surface area contributed by atoms with Crippen LogP contribution in [0.5, 0.6) is 0 Å². The Balaban J connectivity index is 0.000001000. The van der Waals surface area contributed by atoms with E-state index in [1.807, 2.05) is 30.3 Å². The molecular weight excluding hydrogens is 160 g/mol. The van der Waals surface area contributed by atoms with Crippen LogP contribution in [0.2, 0.25) is 0 Å². The van der Waals surface area contributed by atoms with Gasteiger partial charge in [0.15, 0.2) is 0 Å². The Kier molecular flexibility index (Phi) is 4.55. The molecule has 0 radical (unpaired) electrons. The van der Waals surface area contributed by atoms with Crippen LogP contribution < -0.4 is 0 Å². The maximum atomic E-state index is 10.6. The van der Waals surface area contributed by atoms with Crippen LogP contribution in [-0.2, 0) is 11.2 Å². The molecule has 0 spiro atoms. The van der Waals surface area contributed by atoms with E-state index in [-0.39, 0.29) is 18.2 Å². The van der Waals surface area contributed by atoms with Crippen molar-refractivity contribution >= 4 is 18.2 Å². The van der Waals surface area contributed by atoms with Crippen LogP contribution in [0.4, 0.5) is 0 Å². The number of hydrogen-bond acceptors (Lipinski definition) is 1. The van der Waals surface area contributed by atoms with Gasteiger partial charge in [0.1, 0.15) is 5.78 Å². The van der Waals surface area contributed by atoms with E-state index in [0.717, 1.165) is 5.56 Å². The highest BCUT2D eigenvalue weighted by Crippen LogP contribution is 1.98. The molecule has 0 fully saturated rings. The molecule has 0 unspecified atom stereocenters. The average Bonchev–Trinajstić information content (AvgIpc) is 1.88. The molecule has 1 aromatic carbocycles. The third-order valence-electron chi connectivity index (χ3n) is 1.30. The van der Waals surface area contributed by atoms with Crippen molar-refractivity contribution in [3.05, 3.63) is 35.9 Å². The SMILES string of the molecule is CC(=O)Cc1ccccc1.Cl. The molecule has 2 heteroatoms. The first kappa shape index (κ1) is 10.2. The molecule has 60 valence electrons. The Labute approximate surface area is 72.8 Å². The summed E-state index contributed by atoms with van der Waals surface area (Å²) in [5.41, 5.74) is 1.09. The Morgan fingerprint density at radius 2 is 1.82 bits per heavy atom. The van der Waals surface area contributed by atoms with E-state index in [4.69, 9.17) is 0 Å². The lowest BCUT2D eigenvalue weighted by Crippen LogP contribution is -1.94. The van der Waals surface area contributed by atoms with Gasteiger partial charge in [0.2, 0.25) is 0 Å². The quantitative estimate of drug-likeness (QED) is 0.666. The van der Waals surface area contributed by atoms with Gasteiger partial charge in [-0.2, -0.15) is 0 Å². The summed E-state index contributed by atoms with van der Waals surface area (Å²) < 4.78 is 0. The zero-order valence-corrected chi connectivity index (χ0v) is 7.23. The molecule has 1 rings (SSSR count). The third-order valence-corrected chi connectivity index (χ3v) is 1.30. The second-order valence-corrected chi connectivity index (χ2v) is 2.36. The lowest BCUT2D eigenvalue weighted by atomic mass is 10.1. The molecule has 0 saturated carbocycles. The number of rotatable bonds is 2. The number of carbonyl (C=O) groups is 1. The maximum Gasteiger partial charge on any atom is 0.134 e. The molecule has 0 N–H and O–H groups in total. The van der Waals surface area contributed by atoms with Crippen molar-refractivity contribution in [3.8, 4) is 0 Å². The minimum absolute atomic E-state index is 0. The highest BCUT2D eigenvalue weighted by molar-refractivity contribution is 5.85. The van der Waals surface area contributed by atoms with Gasteiger partial charge in [0.25, 0.3) is 0 Å². The monoisotopic (exact) mass is 170 g/mol. The summed E-state index contributed by atoms with van der Waals surface area (Å²) in [5, 5.41) is 0. The topological polar surface area (TPSA) is 17.1 Å². The standard InChI is InChI=1S/C9H10O.ClH/c1-8(10)7-9-5-3-2-4-6-9;/h2-6H,7H2,1H3;1H. The van der Waals surface area contributed by atoms with Crippen molar-refractivity contribution in [1.29, 1.82) is 0 Å². The zero-order chi connectivity index (χ0) is 7.40. The van der Waals surface area contributed by atoms with Gasteiger partial charge in [-0.3, -0.25) is 4.79 Å². The summed E-state index contributed by atoms with van der Waals surface area (Å²) in [6.45, 7) is 1.60. The number of halogens is 1. The van der Waals surface area contributed by atoms with Gasteiger partial charge in [-0.05, 0) is 12.5 Å². The first-order valence-electron chi connectivity index (χ1n) is 3.32. The molecule has 0 aliphatic heterocycles. The van der Waals surface area contributed by atoms with E-state index in [9.17, 15) is 4.79 Å². The normalized spacial score (nSPS) is 8.45. The Hall–Kier alpha value is -0.820. The second-order valence-electron chi connectivity index (χ2n) is 2.36. The maximum absolute atomic E-state index is 10.6. The van der Waals surface area contributed by atoms with Crippen molar-refractivity contribution in [3.63, 3.8) is 0 Å². The Morgan fingerprint density at radius 1 is 1.27 bits per heavy atom. The fourth-order valence-corrected chi connectivity index (χ4v) is 0.883. The Morgan fingerprint density at radius 3 is 2.27 bits per heavy atom.